The fraction of sp³-hybridized carbons (Fsp3) is 0.375. The molecule has 42 heavy (non-hydrogen) atoms. The van der Waals surface area contributed by atoms with E-state index in [1.807, 2.05) is 0 Å². The van der Waals surface area contributed by atoms with Crippen LogP contribution in [0.1, 0.15) is 11.8 Å². The summed E-state index contributed by atoms with van der Waals surface area (Å²) in [5.74, 6) is -0.262. The van der Waals surface area contributed by atoms with Crippen molar-refractivity contribution < 1.29 is 160 Å². The summed E-state index contributed by atoms with van der Waals surface area (Å²) in [5.41, 5.74) is -1.12. The zero-order valence-corrected chi connectivity index (χ0v) is 30.6. The Morgan fingerprint density at radius 1 is 1.00 bits per heavy atom. The first kappa shape index (κ1) is 42.6. The van der Waals surface area contributed by atoms with Crippen molar-refractivity contribution in [3.8, 4) is 5.88 Å². The van der Waals surface area contributed by atoms with Crippen molar-refractivity contribution in [1.29, 1.82) is 0 Å². The van der Waals surface area contributed by atoms with Crippen molar-refractivity contribution in [3.63, 3.8) is 0 Å². The van der Waals surface area contributed by atoms with E-state index in [4.69, 9.17) is 14.4 Å². The molecule has 1 aromatic carbocycles. The van der Waals surface area contributed by atoms with Gasteiger partial charge in [-0.15, -0.1) is 0 Å². The number of phosphoric ester groups is 1. The van der Waals surface area contributed by atoms with Gasteiger partial charge >= 0.3 is 94.4 Å². The van der Waals surface area contributed by atoms with Crippen molar-refractivity contribution in [2.24, 2.45) is 0 Å². The van der Waals surface area contributed by atoms with Crippen LogP contribution < -0.4 is 114 Å². The van der Waals surface area contributed by atoms with Gasteiger partial charge < -0.3 is 43.8 Å². The number of nitro groups is 1. The molecule has 3 N–H and O–H groups in total. The Kier molecular flexibility index (Phi) is 17.7. The minimum Gasteiger partial charge on any atom is -0.756 e. The van der Waals surface area contributed by atoms with Gasteiger partial charge in [-0.3, -0.25) is 28.4 Å². The zero-order valence-electron chi connectivity index (χ0n) is 21.9. The molecule has 3 rings (SSSR count). The first-order chi connectivity index (χ1) is 18.0. The zero-order chi connectivity index (χ0) is 29.2. The quantitative estimate of drug-likeness (QED) is 0.0808. The normalized spacial score (nSPS) is 24.0. The molecule has 1 aliphatic heterocycles. The second-order valence-electron chi connectivity index (χ2n) is 7.50. The van der Waals surface area contributed by atoms with Gasteiger partial charge in [-0.1, -0.05) is 12.1 Å². The minimum absolute atomic E-state index is 0. The summed E-state index contributed by atoms with van der Waals surface area (Å²) < 4.78 is 55.4. The van der Waals surface area contributed by atoms with Gasteiger partial charge in [0.2, 0.25) is 5.88 Å². The Labute approximate surface area is 301 Å². The number of hydrogen-bond acceptors (Lipinski definition) is 17. The molecule has 2 heterocycles. The van der Waals surface area contributed by atoms with Crippen LogP contribution in [-0.4, -0.2) is 54.5 Å². The fourth-order valence-corrected chi connectivity index (χ4v) is 6.08. The van der Waals surface area contributed by atoms with Gasteiger partial charge in [0.25, 0.3) is 29.2 Å². The molecule has 20 nitrogen and oxygen atoms in total. The molecule has 0 radical (unpaired) electrons. The van der Waals surface area contributed by atoms with E-state index in [0.29, 0.717) is 4.57 Å². The average Bonchev–Trinajstić information content (AvgIpc) is 3.08. The standard InChI is InChI=1S/C16H20N3O17P3.3Na/c20-13-11(8-33-38(28,29)36-39(30,31)35-37(25,26)27)34-15(14(13)21)18-6-5-12(17-16(18)22)32-7-9-3-1-2-4-10(9)19(23)24;;;/h1-6,11,13-15,20-21H,7-8H2,(H,28,29)(H,30,31)(H2,25,26,27);;;/q;3*+1/p-3/t11-,13-,14-,15-;;;/m1.../s1. The first-order valence-corrected chi connectivity index (χ1v) is 14.6. The molecule has 2 aromatic rings. The molecule has 1 saturated heterocycles. The van der Waals surface area contributed by atoms with E-state index in [-0.39, 0.29) is 112 Å². The van der Waals surface area contributed by atoms with Crippen LogP contribution in [-0.2, 0) is 38.2 Å². The topological polar surface area (TPSA) is 305 Å². The van der Waals surface area contributed by atoms with Crippen molar-refractivity contribution in [2.75, 3.05) is 6.61 Å². The molecule has 216 valence electrons. The molecule has 7 atom stereocenters. The van der Waals surface area contributed by atoms with Crippen molar-refractivity contribution in [1.82, 2.24) is 9.55 Å². The number of rotatable bonds is 12. The van der Waals surface area contributed by atoms with Crippen molar-refractivity contribution >= 4 is 29.2 Å². The second kappa shape index (κ2) is 17.5. The Morgan fingerprint density at radius 2 is 1.62 bits per heavy atom. The SMILES string of the molecule is O=c1nc(OCc2ccccc2[N+](=O)[O-])ccn1[C@@H]1O[C@H](COP(=O)([O-])OP(=O)([O-])OP(=O)([O-])O)[C@@H](O)[C@H]1O.[Na+].[Na+].[Na+]. The van der Waals surface area contributed by atoms with Crippen LogP contribution in [0.3, 0.4) is 0 Å². The number of aliphatic hydroxyl groups excluding tert-OH is 2. The predicted molar refractivity (Wildman–Crippen MR) is 115 cm³/mol. The second-order valence-corrected chi connectivity index (χ2v) is 11.8. The van der Waals surface area contributed by atoms with E-state index < -0.39 is 65.2 Å². The molecule has 0 spiro atoms. The molecule has 3 unspecified atom stereocenters. The van der Waals surface area contributed by atoms with E-state index in [1.165, 1.54) is 24.3 Å². The number of ether oxygens (including phenoxy) is 2. The number of aromatic nitrogens is 2. The average molecular weight is 685 g/mol. The Hall–Kier alpha value is 0.590. The summed E-state index contributed by atoms with van der Waals surface area (Å²) in [5, 5.41) is 31.5. The summed E-state index contributed by atoms with van der Waals surface area (Å²) in [6, 6.07) is 6.79. The Balaban J connectivity index is 0.00000560. The van der Waals surface area contributed by atoms with Crippen LogP contribution in [0.5, 0.6) is 5.88 Å². The van der Waals surface area contributed by atoms with Crippen LogP contribution in [0.2, 0.25) is 0 Å². The molecular weight excluding hydrogens is 668 g/mol. The third kappa shape index (κ3) is 12.4. The summed E-state index contributed by atoms with van der Waals surface area (Å²) in [6.07, 6.45) is -6.09. The Morgan fingerprint density at radius 3 is 2.19 bits per heavy atom. The van der Waals surface area contributed by atoms with E-state index in [1.54, 1.807) is 0 Å². The molecule has 1 fully saturated rings. The summed E-state index contributed by atoms with van der Waals surface area (Å²) in [4.78, 5) is 68.3. The third-order valence-electron chi connectivity index (χ3n) is 4.78. The number of nitro benzene ring substituents is 1. The number of nitrogens with zero attached hydrogens (tertiary/aromatic N) is 3. The van der Waals surface area contributed by atoms with Gasteiger partial charge in [0.1, 0.15) is 24.9 Å². The van der Waals surface area contributed by atoms with Crippen LogP contribution in [0.15, 0.2) is 41.3 Å². The predicted octanol–water partition coefficient (Wildman–Crippen LogP) is -11.2. The minimum atomic E-state index is -6.16. The van der Waals surface area contributed by atoms with E-state index in [2.05, 4.69) is 18.1 Å². The van der Waals surface area contributed by atoms with E-state index in [0.717, 1.165) is 12.3 Å². The van der Waals surface area contributed by atoms with E-state index in [9.17, 15) is 53.5 Å². The van der Waals surface area contributed by atoms with Crippen LogP contribution in [0.4, 0.5) is 5.69 Å². The number of phosphoric acid groups is 3. The summed E-state index contributed by atoms with van der Waals surface area (Å²) in [6.45, 7) is -1.51. The van der Waals surface area contributed by atoms with Gasteiger partial charge in [-0.05, 0) is 6.07 Å². The molecule has 0 bridgehead atoms. The summed E-state index contributed by atoms with van der Waals surface area (Å²) in [7, 11) is -18.0. The maximum atomic E-state index is 12.5. The van der Waals surface area contributed by atoms with Crippen LogP contribution in [0.25, 0.3) is 0 Å². The molecule has 26 heteroatoms. The summed E-state index contributed by atoms with van der Waals surface area (Å²) >= 11 is 0. The van der Waals surface area contributed by atoms with Crippen molar-refractivity contribution in [2.45, 2.75) is 31.1 Å². The molecule has 1 aliphatic rings. The van der Waals surface area contributed by atoms with Gasteiger partial charge in [0.05, 0.1) is 17.1 Å². The van der Waals surface area contributed by atoms with Gasteiger partial charge in [0.15, 0.2) is 6.23 Å². The molecule has 1 aromatic heterocycles. The largest absolute Gasteiger partial charge is 1.00 e. The maximum Gasteiger partial charge on any atom is 1.00 e. The molecule has 0 amide bonds. The third-order valence-corrected chi connectivity index (χ3v) is 8.47. The first-order valence-electron chi connectivity index (χ1n) is 10.2. The smallest absolute Gasteiger partial charge is 0.756 e. The van der Waals surface area contributed by atoms with Gasteiger partial charge in [-0.25, -0.2) is 13.4 Å². The Bertz CT molecular complexity index is 1430. The molecule has 0 aliphatic carbocycles. The number of hydrogen-bond donors (Lipinski definition) is 3. The van der Waals surface area contributed by atoms with Gasteiger partial charge in [0, 0.05) is 18.3 Å². The molecule has 0 saturated carbocycles. The number of para-hydroxylation sites is 1. The van der Waals surface area contributed by atoms with E-state index >= 15 is 0 Å². The molecular formula is C16H17N3Na3O17P3. The number of benzene rings is 1. The van der Waals surface area contributed by atoms with Crippen LogP contribution >= 0.6 is 23.5 Å². The van der Waals surface area contributed by atoms with Crippen LogP contribution in [0, 0.1) is 10.1 Å². The monoisotopic (exact) mass is 685 g/mol. The van der Waals surface area contributed by atoms with Crippen molar-refractivity contribution in [3.05, 3.63) is 62.7 Å². The van der Waals surface area contributed by atoms with Gasteiger partial charge in [-0.2, -0.15) is 4.98 Å². The maximum absolute atomic E-state index is 12.5. The number of aliphatic hydroxyl groups is 2. The fourth-order valence-electron chi connectivity index (χ4n) is 3.18.